The van der Waals surface area contributed by atoms with Crippen LogP contribution in [0.3, 0.4) is 0 Å². The lowest BCUT2D eigenvalue weighted by atomic mass is 10.2. The molecule has 0 radical (unpaired) electrons. The molecule has 0 spiro atoms. The SMILES string of the molecule is CN=C(NCCc1nc(C)no1)Nc1ccc2c(c1)OCCCO2. The van der Waals surface area contributed by atoms with Gasteiger partial charge in [-0.05, 0) is 19.1 Å². The molecule has 2 N–H and O–H groups in total. The lowest BCUT2D eigenvalue weighted by molar-refractivity contribution is 0.297. The van der Waals surface area contributed by atoms with Crippen LogP contribution in [-0.4, -0.2) is 42.9 Å². The first kappa shape index (κ1) is 16.1. The van der Waals surface area contributed by atoms with Crippen molar-refractivity contribution in [3.63, 3.8) is 0 Å². The highest BCUT2D eigenvalue weighted by Gasteiger charge is 2.11. The zero-order valence-electron chi connectivity index (χ0n) is 13.8. The van der Waals surface area contributed by atoms with Crippen LogP contribution in [0.25, 0.3) is 0 Å². The van der Waals surface area contributed by atoms with Gasteiger partial charge < -0.3 is 24.6 Å². The van der Waals surface area contributed by atoms with E-state index >= 15 is 0 Å². The Kier molecular flexibility index (Phi) is 5.15. The van der Waals surface area contributed by atoms with Crippen molar-refractivity contribution in [3.8, 4) is 11.5 Å². The standard InChI is InChI=1S/C16H21N5O3/c1-11-19-15(24-21-11)6-7-18-16(17-2)20-12-4-5-13-14(10-12)23-9-3-8-22-13/h4-5,10H,3,6-9H2,1-2H3,(H2,17,18,20). The second kappa shape index (κ2) is 7.67. The maximum atomic E-state index is 5.69. The fourth-order valence-corrected chi connectivity index (χ4v) is 2.29. The number of ether oxygens (including phenoxy) is 2. The van der Waals surface area contributed by atoms with Gasteiger partial charge in [-0.3, -0.25) is 4.99 Å². The number of aliphatic imine (C=N–C) groups is 1. The number of aryl methyl sites for hydroxylation is 1. The van der Waals surface area contributed by atoms with E-state index in [0.717, 1.165) is 23.6 Å². The van der Waals surface area contributed by atoms with E-state index in [1.807, 2.05) is 18.2 Å². The molecule has 0 fully saturated rings. The topological polar surface area (TPSA) is 93.8 Å². The summed E-state index contributed by atoms with van der Waals surface area (Å²) in [5.74, 6) is 3.41. The number of fused-ring (bicyclic) bond motifs is 1. The highest BCUT2D eigenvalue weighted by atomic mass is 16.5. The monoisotopic (exact) mass is 331 g/mol. The van der Waals surface area contributed by atoms with Crippen LogP contribution < -0.4 is 20.1 Å². The minimum absolute atomic E-state index is 0.603. The van der Waals surface area contributed by atoms with Crippen molar-refractivity contribution in [1.29, 1.82) is 0 Å². The van der Waals surface area contributed by atoms with Crippen LogP contribution in [-0.2, 0) is 6.42 Å². The van der Waals surface area contributed by atoms with Crippen LogP contribution >= 0.6 is 0 Å². The van der Waals surface area contributed by atoms with Gasteiger partial charge in [-0.15, -0.1) is 0 Å². The van der Waals surface area contributed by atoms with Crippen molar-refractivity contribution in [2.45, 2.75) is 19.8 Å². The Morgan fingerprint density at radius 2 is 2.08 bits per heavy atom. The van der Waals surface area contributed by atoms with E-state index in [0.29, 0.717) is 43.9 Å². The molecule has 0 bridgehead atoms. The zero-order valence-corrected chi connectivity index (χ0v) is 13.8. The predicted molar refractivity (Wildman–Crippen MR) is 89.8 cm³/mol. The van der Waals surface area contributed by atoms with Gasteiger partial charge in [-0.25, -0.2) is 0 Å². The molecule has 128 valence electrons. The summed E-state index contributed by atoms with van der Waals surface area (Å²) < 4.78 is 16.4. The van der Waals surface area contributed by atoms with E-state index in [-0.39, 0.29) is 0 Å². The minimum atomic E-state index is 0.603. The van der Waals surface area contributed by atoms with Gasteiger partial charge in [-0.1, -0.05) is 5.16 Å². The quantitative estimate of drug-likeness (QED) is 0.651. The summed E-state index contributed by atoms with van der Waals surface area (Å²) in [6.45, 7) is 3.77. The highest BCUT2D eigenvalue weighted by molar-refractivity contribution is 5.93. The molecule has 8 heteroatoms. The first-order valence-corrected chi connectivity index (χ1v) is 7.91. The predicted octanol–water partition coefficient (Wildman–Crippen LogP) is 1.77. The number of hydrogen-bond acceptors (Lipinski definition) is 6. The molecule has 0 saturated carbocycles. The van der Waals surface area contributed by atoms with E-state index in [2.05, 4.69) is 25.8 Å². The molecule has 24 heavy (non-hydrogen) atoms. The average Bonchev–Trinajstić information content (AvgIpc) is 2.86. The Balaban J connectivity index is 1.56. The Labute approximate surface area is 140 Å². The van der Waals surface area contributed by atoms with Crippen molar-refractivity contribution in [2.24, 2.45) is 4.99 Å². The summed E-state index contributed by atoms with van der Waals surface area (Å²) in [5, 5.41) is 10.2. The Bertz CT molecular complexity index is 713. The van der Waals surface area contributed by atoms with Crippen molar-refractivity contribution in [3.05, 3.63) is 29.9 Å². The van der Waals surface area contributed by atoms with Crippen LogP contribution in [0.2, 0.25) is 0 Å². The number of hydrogen-bond donors (Lipinski definition) is 2. The molecule has 1 aromatic heterocycles. The number of nitrogens with one attached hydrogen (secondary N) is 2. The molecule has 8 nitrogen and oxygen atoms in total. The largest absolute Gasteiger partial charge is 0.490 e. The molecule has 0 saturated heterocycles. The van der Waals surface area contributed by atoms with Gasteiger partial charge >= 0.3 is 0 Å². The third-order valence-electron chi connectivity index (χ3n) is 3.43. The second-order valence-electron chi connectivity index (χ2n) is 5.32. The van der Waals surface area contributed by atoms with Crippen molar-refractivity contribution in [2.75, 3.05) is 32.1 Å². The summed E-state index contributed by atoms with van der Waals surface area (Å²) >= 11 is 0. The van der Waals surface area contributed by atoms with Crippen molar-refractivity contribution < 1.29 is 14.0 Å². The number of anilines is 1. The molecular formula is C16H21N5O3. The summed E-state index contributed by atoms with van der Waals surface area (Å²) in [5.41, 5.74) is 0.876. The van der Waals surface area contributed by atoms with E-state index in [4.69, 9.17) is 14.0 Å². The Hall–Kier alpha value is -2.77. The molecule has 1 aliphatic heterocycles. The smallest absolute Gasteiger partial charge is 0.228 e. The van der Waals surface area contributed by atoms with Gasteiger partial charge in [0, 0.05) is 38.2 Å². The van der Waals surface area contributed by atoms with E-state index in [1.54, 1.807) is 14.0 Å². The Morgan fingerprint density at radius 3 is 2.83 bits per heavy atom. The van der Waals surface area contributed by atoms with Crippen LogP contribution in [0.1, 0.15) is 18.1 Å². The zero-order chi connectivity index (χ0) is 16.8. The molecule has 1 aliphatic rings. The molecule has 2 aromatic rings. The Morgan fingerprint density at radius 1 is 1.25 bits per heavy atom. The van der Waals surface area contributed by atoms with Crippen LogP contribution in [0.15, 0.2) is 27.7 Å². The second-order valence-corrected chi connectivity index (χ2v) is 5.32. The normalized spacial score (nSPS) is 14.2. The molecule has 0 unspecified atom stereocenters. The van der Waals surface area contributed by atoms with E-state index in [1.165, 1.54) is 0 Å². The third-order valence-corrected chi connectivity index (χ3v) is 3.43. The maximum absolute atomic E-state index is 5.69. The fourth-order valence-electron chi connectivity index (χ4n) is 2.29. The van der Waals surface area contributed by atoms with Gasteiger partial charge in [0.25, 0.3) is 0 Å². The maximum Gasteiger partial charge on any atom is 0.228 e. The summed E-state index contributed by atoms with van der Waals surface area (Å²) in [7, 11) is 1.72. The first-order valence-electron chi connectivity index (χ1n) is 7.91. The summed E-state index contributed by atoms with van der Waals surface area (Å²) in [6.07, 6.45) is 1.51. The molecule has 3 rings (SSSR count). The van der Waals surface area contributed by atoms with Crippen molar-refractivity contribution in [1.82, 2.24) is 15.5 Å². The lowest BCUT2D eigenvalue weighted by Gasteiger charge is -2.13. The average molecular weight is 331 g/mol. The molecule has 0 amide bonds. The molecule has 0 atom stereocenters. The molecule has 0 aliphatic carbocycles. The number of aromatic nitrogens is 2. The lowest BCUT2D eigenvalue weighted by Crippen LogP contribution is -2.32. The molecular weight excluding hydrogens is 310 g/mol. The third kappa shape index (κ3) is 4.15. The van der Waals surface area contributed by atoms with Crippen molar-refractivity contribution >= 4 is 11.6 Å². The summed E-state index contributed by atoms with van der Waals surface area (Å²) in [6, 6.07) is 5.74. The van der Waals surface area contributed by atoms with Gasteiger partial charge in [0.2, 0.25) is 5.89 Å². The van der Waals surface area contributed by atoms with E-state index < -0.39 is 0 Å². The number of guanidine groups is 1. The number of rotatable bonds is 4. The number of nitrogens with zero attached hydrogens (tertiary/aromatic N) is 3. The number of benzene rings is 1. The fraction of sp³-hybridized carbons (Fsp3) is 0.438. The van der Waals surface area contributed by atoms with E-state index in [9.17, 15) is 0 Å². The minimum Gasteiger partial charge on any atom is -0.490 e. The molecule has 2 heterocycles. The van der Waals surface area contributed by atoms with Gasteiger partial charge in [0.15, 0.2) is 23.3 Å². The molecule has 1 aromatic carbocycles. The first-order chi connectivity index (χ1) is 11.7. The van der Waals surface area contributed by atoms with Crippen LogP contribution in [0.5, 0.6) is 11.5 Å². The van der Waals surface area contributed by atoms with Crippen LogP contribution in [0.4, 0.5) is 5.69 Å². The summed E-state index contributed by atoms with van der Waals surface area (Å²) in [4.78, 5) is 8.37. The highest BCUT2D eigenvalue weighted by Crippen LogP contribution is 2.32. The van der Waals surface area contributed by atoms with Gasteiger partial charge in [0.1, 0.15) is 0 Å². The van der Waals surface area contributed by atoms with Gasteiger partial charge in [0.05, 0.1) is 13.2 Å². The van der Waals surface area contributed by atoms with Gasteiger partial charge in [-0.2, -0.15) is 4.98 Å². The van der Waals surface area contributed by atoms with Crippen LogP contribution in [0, 0.1) is 6.92 Å².